The highest BCUT2D eigenvalue weighted by molar-refractivity contribution is 6.00. The van der Waals surface area contributed by atoms with E-state index in [1.165, 1.54) is 17.5 Å². The van der Waals surface area contributed by atoms with Gasteiger partial charge in [-0.2, -0.15) is 0 Å². The molecule has 1 unspecified atom stereocenters. The van der Waals surface area contributed by atoms with Crippen LogP contribution < -0.4 is 5.32 Å². The number of piperidine rings is 1. The van der Waals surface area contributed by atoms with Crippen LogP contribution in [-0.4, -0.2) is 70.1 Å². The second kappa shape index (κ2) is 12.0. The molecule has 7 heteroatoms. The maximum Gasteiger partial charge on any atom is 0.246 e. The lowest BCUT2D eigenvalue weighted by Crippen LogP contribution is -2.73. The Morgan fingerprint density at radius 1 is 1.03 bits per heavy atom. The monoisotopic (exact) mass is 531 g/mol. The van der Waals surface area contributed by atoms with Gasteiger partial charge >= 0.3 is 0 Å². The summed E-state index contributed by atoms with van der Waals surface area (Å²) in [5, 5.41) is 14.2. The zero-order valence-electron chi connectivity index (χ0n) is 22.6. The van der Waals surface area contributed by atoms with Gasteiger partial charge in [0.2, 0.25) is 11.8 Å². The molecule has 1 spiro atoms. The molecule has 0 bridgehead atoms. The van der Waals surface area contributed by atoms with E-state index in [1.807, 2.05) is 4.90 Å². The summed E-state index contributed by atoms with van der Waals surface area (Å²) in [4.78, 5) is 31.9. The Hall–Kier alpha value is -1.63. The maximum atomic E-state index is 13.8. The predicted octanol–water partition coefficient (Wildman–Crippen LogP) is 4.26. The molecule has 2 atom stereocenters. The van der Waals surface area contributed by atoms with Crippen molar-refractivity contribution in [3.63, 3.8) is 0 Å². The van der Waals surface area contributed by atoms with E-state index in [9.17, 15) is 14.7 Å². The molecule has 0 aromatic heterocycles. The zero-order valence-corrected chi connectivity index (χ0v) is 23.4. The van der Waals surface area contributed by atoms with Crippen LogP contribution in [0, 0.1) is 5.92 Å². The molecule has 2 N–H and O–H groups in total. The first-order chi connectivity index (χ1) is 17.4. The third-order valence-electron chi connectivity index (χ3n) is 9.56. The second-order valence-electron chi connectivity index (χ2n) is 12.1. The van der Waals surface area contributed by atoms with Crippen molar-refractivity contribution in [3.05, 3.63) is 35.4 Å². The topological polar surface area (TPSA) is 72.9 Å². The van der Waals surface area contributed by atoms with Crippen LogP contribution in [0.2, 0.25) is 0 Å². The van der Waals surface area contributed by atoms with E-state index in [-0.39, 0.29) is 24.2 Å². The van der Waals surface area contributed by atoms with E-state index in [4.69, 9.17) is 0 Å². The van der Waals surface area contributed by atoms with Crippen molar-refractivity contribution in [3.8, 4) is 0 Å². The Balaban J connectivity index is 0.00000320. The van der Waals surface area contributed by atoms with Gasteiger partial charge < -0.3 is 20.2 Å². The minimum atomic E-state index is -0.825. The summed E-state index contributed by atoms with van der Waals surface area (Å²) in [7, 11) is 0. The van der Waals surface area contributed by atoms with Crippen LogP contribution in [0.15, 0.2) is 24.3 Å². The first kappa shape index (κ1) is 28.4. The summed E-state index contributed by atoms with van der Waals surface area (Å²) in [6, 6.07) is 8.24. The highest BCUT2D eigenvalue weighted by Crippen LogP contribution is 2.38. The summed E-state index contributed by atoms with van der Waals surface area (Å²) < 4.78 is 0. The van der Waals surface area contributed by atoms with Gasteiger partial charge in [0.15, 0.2) is 0 Å². The second-order valence-corrected chi connectivity index (χ2v) is 12.1. The van der Waals surface area contributed by atoms with Crippen LogP contribution >= 0.6 is 12.4 Å². The Labute approximate surface area is 229 Å². The molecular weight excluding hydrogens is 486 g/mol. The fraction of sp³-hybridized carbons (Fsp3) is 0.733. The maximum absolute atomic E-state index is 13.8. The van der Waals surface area contributed by atoms with Crippen molar-refractivity contribution in [1.29, 1.82) is 0 Å². The number of hydrogen-bond donors (Lipinski definition) is 2. The lowest BCUT2D eigenvalue weighted by molar-refractivity contribution is -0.163. The molecule has 2 amide bonds. The van der Waals surface area contributed by atoms with Gasteiger partial charge in [-0.25, -0.2) is 0 Å². The number of hydrogen-bond acceptors (Lipinski definition) is 4. The lowest BCUT2D eigenvalue weighted by atomic mass is 9.77. The van der Waals surface area contributed by atoms with Crippen molar-refractivity contribution in [2.45, 2.75) is 108 Å². The summed E-state index contributed by atoms with van der Waals surface area (Å²) >= 11 is 0. The van der Waals surface area contributed by atoms with Crippen LogP contribution in [0.25, 0.3) is 0 Å². The SMILES string of the molecule is CCCCN1C(=O)[C@@H](CC2(O)CCCCC2)NC(=O)C12CCN(CC1CCc3ccccc3C1)CC2.Cl. The largest absolute Gasteiger partial charge is 0.390 e. The smallest absolute Gasteiger partial charge is 0.246 e. The molecule has 1 aromatic rings. The van der Waals surface area contributed by atoms with Crippen molar-refractivity contribution in [2.75, 3.05) is 26.2 Å². The van der Waals surface area contributed by atoms with Gasteiger partial charge in [0.1, 0.15) is 11.6 Å². The Kier molecular flexibility index (Phi) is 9.24. The number of aliphatic hydroxyl groups is 1. The highest BCUT2D eigenvalue weighted by atomic mass is 35.5. The number of carbonyl (C=O) groups is 2. The third-order valence-corrected chi connectivity index (χ3v) is 9.56. The Morgan fingerprint density at radius 3 is 2.43 bits per heavy atom. The highest BCUT2D eigenvalue weighted by Gasteiger charge is 2.54. The van der Waals surface area contributed by atoms with Gasteiger partial charge in [0.05, 0.1) is 5.60 Å². The normalized spacial score (nSPS) is 27.4. The summed E-state index contributed by atoms with van der Waals surface area (Å²) in [6.07, 6.45) is 11.8. The van der Waals surface area contributed by atoms with Crippen LogP contribution in [0.5, 0.6) is 0 Å². The van der Waals surface area contributed by atoms with E-state index in [2.05, 4.69) is 41.4 Å². The average molecular weight is 532 g/mol. The molecular formula is C30H46ClN3O3. The molecule has 2 heterocycles. The van der Waals surface area contributed by atoms with E-state index < -0.39 is 17.2 Å². The summed E-state index contributed by atoms with van der Waals surface area (Å²) in [5.41, 5.74) is 1.45. The third kappa shape index (κ3) is 6.02. The lowest BCUT2D eigenvalue weighted by Gasteiger charge is -2.52. The Morgan fingerprint density at radius 2 is 1.73 bits per heavy atom. The number of amides is 2. The number of fused-ring (bicyclic) bond motifs is 1. The van der Waals surface area contributed by atoms with Gasteiger partial charge in [-0.05, 0) is 68.4 Å². The minimum absolute atomic E-state index is 0. The van der Waals surface area contributed by atoms with Crippen molar-refractivity contribution in [1.82, 2.24) is 15.1 Å². The first-order valence-electron chi connectivity index (χ1n) is 14.6. The summed E-state index contributed by atoms with van der Waals surface area (Å²) in [5.74, 6) is 0.695. The molecule has 2 aliphatic carbocycles. The average Bonchev–Trinajstić information content (AvgIpc) is 2.89. The van der Waals surface area contributed by atoms with Gasteiger partial charge in [-0.1, -0.05) is 56.9 Å². The van der Waals surface area contributed by atoms with Gasteiger partial charge in [-0.15, -0.1) is 12.4 Å². The van der Waals surface area contributed by atoms with Crippen LogP contribution in [0.3, 0.4) is 0 Å². The molecule has 1 aromatic carbocycles. The zero-order chi connectivity index (χ0) is 25.2. The van der Waals surface area contributed by atoms with Gasteiger partial charge in [0.25, 0.3) is 0 Å². The molecule has 37 heavy (non-hydrogen) atoms. The van der Waals surface area contributed by atoms with Crippen molar-refractivity contribution >= 4 is 24.2 Å². The van der Waals surface area contributed by atoms with Gasteiger partial charge in [-0.3, -0.25) is 9.59 Å². The number of unbranched alkanes of at least 4 members (excludes halogenated alkanes) is 1. The number of likely N-dealkylation sites (tertiary alicyclic amines) is 1. The molecule has 2 aliphatic heterocycles. The standard InChI is InChI=1S/C30H45N3O3.ClH/c1-2-3-17-33-27(34)26(21-29(36)13-7-4-8-14-29)31-28(35)30(33)15-18-32(19-16-30)22-23-11-12-24-9-5-6-10-25(24)20-23;/h5-6,9-10,23,26,36H,2-4,7-8,11-22H2,1H3,(H,31,35);1H/t23?,26-;/m1./s1. The van der Waals surface area contributed by atoms with Gasteiger partial charge in [0, 0.05) is 32.6 Å². The minimum Gasteiger partial charge on any atom is -0.390 e. The fourth-order valence-electron chi connectivity index (χ4n) is 7.35. The molecule has 2 saturated heterocycles. The predicted molar refractivity (Wildman–Crippen MR) is 149 cm³/mol. The number of carbonyl (C=O) groups excluding carboxylic acids is 2. The van der Waals surface area contributed by atoms with Crippen LogP contribution in [-0.2, 0) is 22.4 Å². The van der Waals surface area contributed by atoms with Crippen LogP contribution in [0.4, 0.5) is 0 Å². The molecule has 4 aliphatic rings. The number of aryl methyl sites for hydroxylation is 1. The number of nitrogens with one attached hydrogen (secondary N) is 1. The number of halogens is 1. The van der Waals surface area contributed by atoms with Crippen LogP contribution in [0.1, 0.15) is 88.7 Å². The quantitative estimate of drug-likeness (QED) is 0.551. The number of benzene rings is 1. The number of rotatable bonds is 7. The first-order valence-corrected chi connectivity index (χ1v) is 14.6. The van der Waals surface area contributed by atoms with E-state index in [0.29, 0.717) is 31.7 Å². The van der Waals surface area contributed by atoms with E-state index >= 15 is 0 Å². The van der Waals surface area contributed by atoms with Crippen molar-refractivity contribution < 1.29 is 14.7 Å². The molecule has 1 saturated carbocycles. The molecule has 6 nitrogen and oxygen atoms in total. The Bertz CT molecular complexity index is 940. The number of nitrogens with zero attached hydrogens (tertiary/aromatic N) is 2. The summed E-state index contributed by atoms with van der Waals surface area (Å²) in [6.45, 7) is 5.56. The molecule has 5 rings (SSSR count). The molecule has 3 fully saturated rings. The van der Waals surface area contributed by atoms with E-state index in [0.717, 1.165) is 77.4 Å². The van der Waals surface area contributed by atoms with E-state index in [1.54, 1.807) is 0 Å². The number of piperazine rings is 1. The molecule has 206 valence electrons. The molecule has 0 radical (unpaired) electrons. The van der Waals surface area contributed by atoms with Crippen molar-refractivity contribution in [2.24, 2.45) is 5.92 Å². The fourth-order valence-corrected chi connectivity index (χ4v) is 7.35.